The van der Waals surface area contributed by atoms with E-state index >= 15 is 0 Å². The van der Waals surface area contributed by atoms with Gasteiger partial charge in [0.2, 0.25) is 0 Å². The van der Waals surface area contributed by atoms with Crippen molar-refractivity contribution in [2.45, 2.75) is 6.92 Å². The maximum absolute atomic E-state index is 8.94. The monoisotopic (exact) mass is 244 g/mol. The number of hydrogen-bond donors (Lipinski definition) is 0. The van der Waals surface area contributed by atoms with Gasteiger partial charge in [0.05, 0.1) is 22.8 Å². The fourth-order valence-electron chi connectivity index (χ4n) is 2.15. The number of aromatic nitrogens is 1. The summed E-state index contributed by atoms with van der Waals surface area (Å²) < 4.78 is 0. The summed E-state index contributed by atoms with van der Waals surface area (Å²) in [5, 5.41) is 10.1. The minimum atomic E-state index is 0.656. The van der Waals surface area contributed by atoms with Gasteiger partial charge in [-0.1, -0.05) is 29.8 Å². The summed E-state index contributed by atoms with van der Waals surface area (Å²) in [7, 11) is 0. The fourth-order valence-corrected chi connectivity index (χ4v) is 2.15. The maximum atomic E-state index is 8.94. The maximum Gasteiger partial charge on any atom is 0.0991 e. The highest BCUT2D eigenvalue weighted by Gasteiger charge is 2.02. The van der Waals surface area contributed by atoms with E-state index in [0.717, 1.165) is 22.2 Å². The van der Waals surface area contributed by atoms with E-state index in [2.05, 4.69) is 36.2 Å². The van der Waals surface area contributed by atoms with E-state index in [1.54, 1.807) is 6.07 Å². The Balaban J connectivity index is 2.15. The Hall–Kier alpha value is -2.66. The van der Waals surface area contributed by atoms with Crippen LogP contribution in [0.4, 0.5) is 0 Å². The number of nitrogens with zero attached hydrogens (tertiary/aromatic N) is 2. The van der Waals surface area contributed by atoms with Gasteiger partial charge in [-0.15, -0.1) is 0 Å². The van der Waals surface area contributed by atoms with Crippen molar-refractivity contribution in [1.29, 1.82) is 5.26 Å². The van der Waals surface area contributed by atoms with Crippen LogP contribution in [-0.4, -0.2) is 4.98 Å². The zero-order valence-electron chi connectivity index (χ0n) is 10.6. The average molecular weight is 244 g/mol. The second-order valence-electron chi connectivity index (χ2n) is 4.59. The molecular formula is C17H12N2. The lowest BCUT2D eigenvalue weighted by Crippen LogP contribution is -1.86. The van der Waals surface area contributed by atoms with Gasteiger partial charge in [-0.3, -0.25) is 0 Å². The molecular weight excluding hydrogens is 232 g/mol. The van der Waals surface area contributed by atoms with Crippen LogP contribution in [0, 0.1) is 18.3 Å². The predicted molar refractivity (Wildman–Crippen MR) is 76.6 cm³/mol. The Morgan fingerprint density at radius 3 is 2.74 bits per heavy atom. The summed E-state index contributed by atoms with van der Waals surface area (Å²) in [6.07, 6.45) is 0. The van der Waals surface area contributed by atoms with Crippen LogP contribution < -0.4 is 0 Å². The molecule has 0 fully saturated rings. The lowest BCUT2D eigenvalue weighted by atomic mass is 10.1. The molecule has 0 aliphatic heterocycles. The molecule has 0 aliphatic rings. The number of hydrogen-bond acceptors (Lipinski definition) is 2. The number of pyridine rings is 1. The molecule has 0 atom stereocenters. The van der Waals surface area contributed by atoms with Crippen molar-refractivity contribution < 1.29 is 0 Å². The first kappa shape index (κ1) is 11.4. The predicted octanol–water partition coefficient (Wildman–Crippen LogP) is 4.08. The summed E-state index contributed by atoms with van der Waals surface area (Å²) in [6.45, 7) is 2.07. The van der Waals surface area contributed by atoms with Crippen molar-refractivity contribution in [2.24, 2.45) is 0 Å². The molecule has 2 heteroatoms. The van der Waals surface area contributed by atoms with Crippen LogP contribution in [0.3, 0.4) is 0 Å². The molecule has 19 heavy (non-hydrogen) atoms. The van der Waals surface area contributed by atoms with Gasteiger partial charge in [-0.25, -0.2) is 4.98 Å². The van der Waals surface area contributed by atoms with E-state index in [-0.39, 0.29) is 0 Å². The molecule has 3 aromatic rings. The third-order valence-corrected chi connectivity index (χ3v) is 3.13. The first-order chi connectivity index (χ1) is 9.26. The normalized spacial score (nSPS) is 10.3. The molecule has 0 saturated heterocycles. The van der Waals surface area contributed by atoms with E-state index < -0.39 is 0 Å². The molecule has 0 saturated carbocycles. The van der Waals surface area contributed by atoms with Crippen LogP contribution in [0.1, 0.15) is 11.1 Å². The summed E-state index contributed by atoms with van der Waals surface area (Å²) in [5.41, 5.74) is 4.73. The highest BCUT2D eigenvalue weighted by atomic mass is 14.7. The molecule has 2 nitrogen and oxygen atoms in total. The van der Waals surface area contributed by atoms with E-state index in [4.69, 9.17) is 5.26 Å². The topological polar surface area (TPSA) is 36.7 Å². The molecule has 2 aromatic carbocycles. The minimum absolute atomic E-state index is 0.656. The van der Waals surface area contributed by atoms with Gasteiger partial charge in [0.1, 0.15) is 0 Å². The molecule has 90 valence electrons. The van der Waals surface area contributed by atoms with Gasteiger partial charge >= 0.3 is 0 Å². The molecule has 0 radical (unpaired) electrons. The van der Waals surface area contributed by atoms with Gasteiger partial charge in [-0.05, 0) is 37.3 Å². The Morgan fingerprint density at radius 1 is 1.00 bits per heavy atom. The van der Waals surface area contributed by atoms with Crippen LogP contribution in [0.5, 0.6) is 0 Å². The van der Waals surface area contributed by atoms with Crippen molar-refractivity contribution in [3.05, 3.63) is 65.7 Å². The highest BCUT2D eigenvalue weighted by Crippen LogP contribution is 2.22. The van der Waals surface area contributed by atoms with Crippen molar-refractivity contribution >= 4 is 10.9 Å². The molecule has 1 heterocycles. The molecule has 0 aliphatic carbocycles. The first-order valence-electron chi connectivity index (χ1n) is 6.14. The number of aryl methyl sites for hydroxylation is 1. The standard InChI is InChI=1S/C17H12N2/c1-12-5-7-16-15(9-12)6-8-17(19-16)14-4-2-3-13(10-14)11-18/h2-10H,1H3. The van der Waals surface area contributed by atoms with E-state index in [1.165, 1.54) is 5.56 Å². The molecule has 3 rings (SSSR count). The SMILES string of the molecule is Cc1ccc2nc(-c3cccc(C#N)c3)ccc2c1. The van der Waals surface area contributed by atoms with E-state index in [9.17, 15) is 0 Å². The van der Waals surface area contributed by atoms with Crippen LogP contribution >= 0.6 is 0 Å². The summed E-state index contributed by atoms with van der Waals surface area (Å²) in [6, 6.07) is 20.0. The van der Waals surface area contributed by atoms with Crippen molar-refractivity contribution in [1.82, 2.24) is 4.98 Å². The Labute approximate surface area is 112 Å². The van der Waals surface area contributed by atoms with Gasteiger partial charge in [0.15, 0.2) is 0 Å². The summed E-state index contributed by atoms with van der Waals surface area (Å²) in [5.74, 6) is 0. The molecule has 0 spiro atoms. The van der Waals surface area contributed by atoms with Crippen LogP contribution in [0.25, 0.3) is 22.2 Å². The molecule has 0 amide bonds. The summed E-state index contributed by atoms with van der Waals surface area (Å²) >= 11 is 0. The van der Waals surface area contributed by atoms with Gasteiger partial charge in [0.25, 0.3) is 0 Å². The smallest absolute Gasteiger partial charge is 0.0991 e. The van der Waals surface area contributed by atoms with Crippen LogP contribution in [0.2, 0.25) is 0 Å². The first-order valence-corrected chi connectivity index (χ1v) is 6.14. The zero-order valence-corrected chi connectivity index (χ0v) is 10.6. The van der Waals surface area contributed by atoms with Crippen molar-refractivity contribution in [3.63, 3.8) is 0 Å². The largest absolute Gasteiger partial charge is 0.248 e. The lowest BCUT2D eigenvalue weighted by molar-refractivity contribution is 1.38. The van der Waals surface area contributed by atoms with Crippen molar-refractivity contribution in [2.75, 3.05) is 0 Å². The average Bonchev–Trinajstić information content (AvgIpc) is 2.46. The number of fused-ring (bicyclic) bond motifs is 1. The molecule has 1 aromatic heterocycles. The van der Waals surface area contributed by atoms with E-state index in [0.29, 0.717) is 5.56 Å². The van der Waals surface area contributed by atoms with Crippen molar-refractivity contribution in [3.8, 4) is 17.3 Å². The Morgan fingerprint density at radius 2 is 1.89 bits per heavy atom. The molecule has 0 bridgehead atoms. The van der Waals surface area contributed by atoms with E-state index in [1.807, 2.05) is 30.3 Å². The number of nitriles is 1. The molecule has 0 N–H and O–H groups in total. The summed E-state index contributed by atoms with van der Waals surface area (Å²) in [4.78, 5) is 4.65. The highest BCUT2D eigenvalue weighted by molar-refractivity contribution is 5.82. The second-order valence-corrected chi connectivity index (χ2v) is 4.59. The Kier molecular flexibility index (Phi) is 2.74. The Bertz CT molecular complexity index is 798. The second kappa shape index (κ2) is 4.55. The third kappa shape index (κ3) is 2.19. The quantitative estimate of drug-likeness (QED) is 0.646. The minimum Gasteiger partial charge on any atom is -0.248 e. The number of rotatable bonds is 1. The molecule has 0 unspecified atom stereocenters. The fraction of sp³-hybridized carbons (Fsp3) is 0.0588. The third-order valence-electron chi connectivity index (χ3n) is 3.13. The zero-order chi connectivity index (χ0) is 13.2. The van der Waals surface area contributed by atoms with Crippen LogP contribution in [0.15, 0.2) is 54.6 Å². The van der Waals surface area contributed by atoms with Gasteiger partial charge in [-0.2, -0.15) is 5.26 Å². The van der Waals surface area contributed by atoms with Gasteiger partial charge < -0.3 is 0 Å². The number of benzene rings is 2. The lowest BCUT2D eigenvalue weighted by Gasteiger charge is -2.04. The van der Waals surface area contributed by atoms with Gasteiger partial charge in [0, 0.05) is 10.9 Å². The van der Waals surface area contributed by atoms with Crippen LogP contribution in [-0.2, 0) is 0 Å².